The first-order valence-electron chi connectivity index (χ1n) is 4.89. The molecule has 0 saturated heterocycles. The van der Waals surface area contributed by atoms with Crippen molar-refractivity contribution in [3.8, 4) is 0 Å². The van der Waals surface area contributed by atoms with Crippen molar-refractivity contribution in [2.45, 2.75) is 38.0 Å². The van der Waals surface area contributed by atoms with Gasteiger partial charge < -0.3 is 15.8 Å². The number of halogens is 3. The molecular formula is C9H15F3N2O3. The standard InChI is InChI=1S/C9H15F3N2O3/c1-5(13)3-4-6(7(15)17-2)14-8(16)9(10,11)12/h5-6H,3-4,13H2,1-2H3,(H,14,16)/t5?,6-/m0/s1. The quantitative estimate of drug-likeness (QED) is 0.695. The molecule has 0 saturated carbocycles. The topological polar surface area (TPSA) is 81.4 Å². The number of rotatable bonds is 5. The molecule has 5 nitrogen and oxygen atoms in total. The fourth-order valence-electron chi connectivity index (χ4n) is 1.06. The van der Waals surface area contributed by atoms with Crippen LogP contribution >= 0.6 is 0 Å². The molecule has 100 valence electrons. The third kappa shape index (κ3) is 6.10. The molecule has 17 heavy (non-hydrogen) atoms. The second kappa shape index (κ2) is 6.43. The van der Waals surface area contributed by atoms with Crippen LogP contribution in [0.2, 0.25) is 0 Å². The summed E-state index contributed by atoms with van der Waals surface area (Å²) in [6.07, 6.45) is -4.75. The van der Waals surface area contributed by atoms with Crippen molar-refractivity contribution in [2.24, 2.45) is 5.73 Å². The molecule has 0 radical (unpaired) electrons. The van der Waals surface area contributed by atoms with Gasteiger partial charge in [0, 0.05) is 6.04 Å². The van der Waals surface area contributed by atoms with Crippen LogP contribution in [0.3, 0.4) is 0 Å². The molecule has 0 spiro atoms. The number of carbonyl (C=O) groups excluding carboxylic acids is 2. The molecule has 0 aliphatic rings. The molecule has 0 fully saturated rings. The Morgan fingerprint density at radius 3 is 2.24 bits per heavy atom. The molecule has 0 aromatic rings. The van der Waals surface area contributed by atoms with Crippen molar-refractivity contribution in [2.75, 3.05) is 7.11 Å². The van der Waals surface area contributed by atoms with E-state index in [0.29, 0.717) is 0 Å². The van der Waals surface area contributed by atoms with E-state index >= 15 is 0 Å². The number of ether oxygens (including phenoxy) is 1. The highest BCUT2D eigenvalue weighted by molar-refractivity contribution is 5.87. The van der Waals surface area contributed by atoms with Gasteiger partial charge in [-0.1, -0.05) is 0 Å². The number of esters is 1. The maximum Gasteiger partial charge on any atom is 0.471 e. The Morgan fingerprint density at radius 2 is 1.88 bits per heavy atom. The van der Waals surface area contributed by atoms with E-state index in [0.717, 1.165) is 7.11 Å². The maximum absolute atomic E-state index is 12.0. The van der Waals surface area contributed by atoms with Gasteiger partial charge in [-0.15, -0.1) is 0 Å². The van der Waals surface area contributed by atoms with E-state index in [1.807, 2.05) is 0 Å². The summed E-state index contributed by atoms with van der Waals surface area (Å²) in [5.41, 5.74) is 5.41. The molecule has 2 atom stereocenters. The molecule has 1 unspecified atom stereocenters. The van der Waals surface area contributed by atoms with E-state index in [9.17, 15) is 22.8 Å². The lowest BCUT2D eigenvalue weighted by atomic mass is 10.1. The van der Waals surface area contributed by atoms with E-state index in [1.165, 1.54) is 0 Å². The van der Waals surface area contributed by atoms with Crippen LogP contribution in [0, 0.1) is 0 Å². The average Bonchev–Trinajstić information content (AvgIpc) is 2.20. The minimum Gasteiger partial charge on any atom is -0.467 e. The Morgan fingerprint density at radius 1 is 1.35 bits per heavy atom. The van der Waals surface area contributed by atoms with E-state index in [2.05, 4.69) is 4.74 Å². The average molecular weight is 256 g/mol. The lowest BCUT2D eigenvalue weighted by Gasteiger charge is -2.18. The fraction of sp³-hybridized carbons (Fsp3) is 0.778. The van der Waals surface area contributed by atoms with Crippen molar-refractivity contribution in [1.29, 1.82) is 0 Å². The Hall–Kier alpha value is -1.31. The fourth-order valence-corrected chi connectivity index (χ4v) is 1.06. The molecule has 0 aliphatic carbocycles. The number of hydrogen-bond acceptors (Lipinski definition) is 4. The first-order chi connectivity index (χ1) is 7.68. The molecule has 1 amide bonds. The number of nitrogens with two attached hydrogens (primary N) is 1. The minimum absolute atomic E-state index is 0.00778. The second-order valence-electron chi connectivity index (χ2n) is 3.60. The SMILES string of the molecule is COC(=O)[C@H](CCC(C)N)NC(=O)C(F)(F)F. The summed E-state index contributed by atoms with van der Waals surface area (Å²) in [6.45, 7) is 1.64. The molecule has 0 aliphatic heterocycles. The number of methoxy groups -OCH3 is 1. The summed E-state index contributed by atoms with van der Waals surface area (Å²) < 4.78 is 40.3. The van der Waals surface area contributed by atoms with Crippen molar-refractivity contribution in [3.05, 3.63) is 0 Å². The molecule has 3 N–H and O–H groups in total. The van der Waals surface area contributed by atoms with E-state index in [-0.39, 0.29) is 18.9 Å². The number of carbonyl (C=O) groups is 2. The van der Waals surface area contributed by atoms with Gasteiger partial charge in [-0.05, 0) is 19.8 Å². The molecular weight excluding hydrogens is 241 g/mol. The summed E-state index contributed by atoms with van der Waals surface area (Å²) in [5.74, 6) is -3.10. The third-order valence-corrected chi connectivity index (χ3v) is 1.96. The Kier molecular flexibility index (Phi) is 5.94. The van der Waals surface area contributed by atoms with Crippen LogP contribution in [0.25, 0.3) is 0 Å². The first kappa shape index (κ1) is 15.7. The number of amides is 1. The van der Waals surface area contributed by atoms with Crippen molar-refractivity contribution in [1.82, 2.24) is 5.32 Å². The zero-order chi connectivity index (χ0) is 13.6. The number of nitrogens with one attached hydrogen (secondary N) is 1. The molecule has 0 aromatic heterocycles. The lowest BCUT2D eigenvalue weighted by Crippen LogP contribution is -2.47. The molecule has 0 rings (SSSR count). The normalized spacial score (nSPS) is 14.9. The van der Waals surface area contributed by atoms with Gasteiger partial charge in [-0.2, -0.15) is 13.2 Å². The van der Waals surface area contributed by atoms with Gasteiger partial charge in [0.1, 0.15) is 6.04 Å². The predicted molar refractivity (Wildman–Crippen MR) is 52.9 cm³/mol. The van der Waals surface area contributed by atoms with Crippen molar-refractivity contribution < 1.29 is 27.5 Å². The van der Waals surface area contributed by atoms with Gasteiger partial charge in [0.2, 0.25) is 0 Å². The van der Waals surface area contributed by atoms with Gasteiger partial charge in [0.15, 0.2) is 0 Å². The number of alkyl halides is 3. The van der Waals surface area contributed by atoms with Crippen LogP contribution < -0.4 is 11.1 Å². The largest absolute Gasteiger partial charge is 0.471 e. The number of hydrogen-bond donors (Lipinski definition) is 2. The summed E-state index contributed by atoms with van der Waals surface area (Å²) in [6, 6.07) is -1.62. The van der Waals surface area contributed by atoms with Crippen LogP contribution in [0.4, 0.5) is 13.2 Å². The van der Waals surface area contributed by atoms with Crippen LogP contribution in [-0.4, -0.2) is 37.2 Å². The van der Waals surface area contributed by atoms with Gasteiger partial charge in [0.05, 0.1) is 7.11 Å². The van der Waals surface area contributed by atoms with E-state index in [4.69, 9.17) is 5.73 Å². The Balaban J connectivity index is 4.49. The highest BCUT2D eigenvalue weighted by Gasteiger charge is 2.40. The maximum atomic E-state index is 12.0. The van der Waals surface area contributed by atoms with Gasteiger partial charge >= 0.3 is 18.1 Å². The monoisotopic (exact) mass is 256 g/mol. The summed E-state index contributed by atoms with van der Waals surface area (Å²) in [5, 5.41) is 1.57. The minimum atomic E-state index is -5.03. The smallest absolute Gasteiger partial charge is 0.467 e. The molecule has 0 bridgehead atoms. The highest BCUT2D eigenvalue weighted by Crippen LogP contribution is 2.15. The molecule has 0 aromatic carbocycles. The summed E-state index contributed by atoms with van der Waals surface area (Å²) in [7, 11) is 1.03. The lowest BCUT2D eigenvalue weighted by molar-refractivity contribution is -0.175. The van der Waals surface area contributed by atoms with Crippen LogP contribution in [0.5, 0.6) is 0 Å². The zero-order valence-electron chi connectivity index (χ0n) is 9.50. The zero-order valence-corrected chi connectivity index (χ0v) is 9.50. The Labute approximate surface area is 96.5 Å². The predicted octanol–water partition coefficient (Wildman–Crippen LogP) is 0.334. The molecule has 8 heteroatoms. The van der Waals surface area contributed by atoms with Crippen LogP contribution in [0.15, 0.2) is 0 Å². The third-order valence-electron chi connectivity index (χ3n) is 1.96. The summed E-state index contributed by atoms with van der Waals surface area (Å²) in [4.78, 5) is 21.8. The van der Waals surface area contributed by atoms with E-state index < -0.39 is 24.1 Å². The molecule has 0 heterocycles. The van der Waals surface area contributed by atoms with Gasteiger partial charge in [-0.3, -0.25) is 4.79 Å². The van der Waals surface area contributed by atoms with Crippen LogP contribution in [0.1, 0.15) is 19.8 Å². The van der Waals surface area contributed by atoms with Gasteiger partial charge in [-0.25, -0.2) is 4.79 Å². The highest BCUT2D eigenvalue weighted by atomic mass is 19.4. The van der Waals surface area contributed by atoms with Crippen molar-refractivity contribution >= 4 is 11.9 Å². The van der Waals surface area contributed by atoms with Gasteiger partial charge in [0.25, 0.3) is 0 Å². The van der Waals surface area contributed by atoms with E-state index in [1.54, 1.807) is 12.2 Å². The second-order valence-corrected chi connectivity index (χ2v) is 3.60. The first-order valence-corrected chi connectivity index (χ1v) is 4.89. The Bertz CT molecular complexity index is 279. The van der Waals surface area contributed by atoms with Crippen LogP contribution in [-0.2, 0) is 14.3 Å². The van der Waals surface area contributed by atoms with Crippen molar-refractivity contribution in [3.63, 3.8) is 0 Å². The summed E-state index contributed by atoms with van der Waals surface area (Å²) >= 11 is 0.